The number of carbonyl (C=O) groups is 1. The van der Waals surface area contributed by atoms with Crippen LogP contribution >= 0.6 is 0 Å². The molecule has 2 aliphatic rings. The Labute approximate surface area is 147 Å². The average Bonchev–Trinajstić information content (AvgIpc) is 3.13. The molecule has 132 valence electrons. The summed E-state index contributed by atoms with van der Waals surface area (Å²) < 4.78 is 7.22. The van der Waals surface area contributed by atoms with Crippen LogP contribution < -0.4 is 15.0 Å². The quantitative estimate of drug-likeness (QED) is 0.904. The van der Waals surface area contributed by atoms with Crippen LogP contribution in [0.2, 0.25) is 0 Å². The minimum Gasteiger partial charge on any atom is -0.497 e. The zero-order valence-corrected chi connectivity index (χ0v) is 14.4. The Morgan fingerprint density at radius 3 is 3.20 bits per heavy atom. The highest BCUT2D eigenvalue weighted by molar-refractivity contribution is 5.96. The second kappa shape index (κ2) is 6.84. The van der Waals surface area contributed by atoms with E-state index in [1.165, 1.54) is 5.56 Å². The molecule has 1 aromatic heterocycles. The molecule has 0 aliphatic carbocycles. The predicted octanol–water partition coefficient (Wildman–Crippen LogP) is 1.17. The third kappa shape index (κ3) is 3.24. The normalized spacial score (nSPS) is 19.2. The number of ether oxygens (including phenoxy) is 1. The Morgan fingerprint density at radius 2 is 2.32 bits per heavy atom. The smallest absolute Gasteiger partial charge is 0.240 e. The van der Waals surface area contributed by atoms with Crippen molar-refractivity contribution in [3.8, 4) is 5.75 Å². The summed E-state index contributed by atoms with van der Waals surface area (Å²) in [7, 11) is 1.67. The van der Waals surface area contributed by atoms with Crippen molar-refractivity contribution in [2.24, 2.45) is 0 Å². The van der Waals surface area contributed by atoms with Gasteiger partial charge in [-0.3, -0.25) is 4.79 Å². The van der Waals surface area contributed by atoms with Crippen molar-refractivity contribution in [1.29, 1.82) is 0 Å². The van der Waals surface area contributed by atoms with Gasteiger partial charge in [0.1, 0.15) is 17.9 Å². The number of hydrogen-bond donors (Lipinski definition) is 1. The molecule has 0 saturated heterocycles. The van der Waals surface area contributed by atoms with Crippen molar-refractivity contribution in [3.05, 3.63) is 35.9 Å². The number of carbonyl (C=O) groups excluding carboxylic acids is 1. The summed E-state index contributed by atoms with van der Waals surface area (Å²) in [4.78, 5) is 18.9. The number of rotatable bonds is 4. The fourth-order valence-corrected chi connectivity index (χ4v) is 3.69. The summed E-state index contributed by atoms with van der Waals surface area (Å²) in [6.45, 7) is 1.90. The molecule has 1 aromatic carbocycles. The van der Waals surface area contributed by atoms with E-state index < -0.39 is 0 Å². The predicted molar refractivity (Wildman–Crippen MR) is 93.8 cm³/mol. The van der Waals surface area contributed by atoms with Crippen LogP contribution in [0.1, 0.15) is 24.2 Å². The van der Waals surface area contributed by atoms with Gasteiger partial charge in [0.05, 0.1) is 20.2 Å². The molecule has 7 nitrogen and oxygen atoms in total. The highest BCUT2D eigenvalue weighted by atomic mass is 16.5. The first-order valence-corrected chi connectivity index (χ1v) is 8.82. The molecule has 1 atom stereocenters. The average molecular weight is 341 g/mol. The van der Waals surface area contributed by atoms with Gasteiger partial charge in [0, 0.05) is 24.7 Å². The van der Waals surface area contributed by atoms with E-state index in [0.29, 0.717) is 6.54 Å². The fourth-order valence-electron chi connectivity index (χ4n) is 3.69. The molecule has 0 spiro atoms. The van der Waals surface area contributed by atoms with Crippen molar-refractivity contribution in [2.45, 2.75) is 38.3 Å². The minimum atomic E-state index is 0.121. The lowest BCUT2D eigenvalue weighted by Crippen LogP contribution is -2.46. The number of anilines is 1. The molecule has 2 aromatic rings. The molecule has 0 radical (unpaired) electrons. The SMILES string of the molecule is COc1ccc2c(c1)CCCN2C(=O)CN[C@H]1CCc2ncnn2C1. The van der Waals surface area contributed by atoms with Gasteiger partial charge in [-0.2, -0.15) is 5.10 Å². The van der Waals surface area contributed by atoms with Gasteiger partial charge in [-0.25, -0.2) is 9.67 Å². The Bertz CT molecular complexity index is 773. The van der Waals surface area contributed by atoms with E-state index >= 15 is 0 Å². The third-order valence-corrected chi connectivity index (χ3v) is 5.05. The summed E-state index contributed by atoms with van der Waals surface area (Å²) in [5, 5.41) is 7.63. The van der Waals surface area contributed by atoms with Crippen LogP contribution in [0.5, 0.6) is 5.75 Å². The largest absolute Gasteiger partial charge is 0.497 e. The fraction of sp³-hybridized carbons (Fsp3) is 0.500. The van der Waals surface area contributed by atoms with Crippen molar-refractivity contribution >= 4 is 11.6 Å². The van der Waals surface area contributed by atoms with E-state index in [1.807, 2.05) is 27.8 Å². The summed E-state index contributed by atoms with van der Waals surface area (Å²) in [6, 6.07) is 6.22. The lowest BCUT2D eigenvalue weighted by Gasteiger charge is -2.31. The van der Waals surface area contributed by atoms with Gasteiger partial charge < -0.3 is 15.0 Å². The van der Waals surface area contributed by atoms with Crippen molar-refractivity contribution in [1.82, 2.24) is 20.1 Å². The number of fused-ring (bicyclic) bond motifs is 2. The van der Waals surface area contributed by atoms with Gasteiger partial charge in [-0.15, -0.1) is 0 Å². The molecule has 0 unspecified atom stereocenters. The number of methoxy groups -OCH3 is 1. The van der Waals surface area contributed by atoms with Gasteiger partial charge >= 0.3 is 0 Å². The van der Waals surface area contributed by atoms with Gasteiger partial charge in [-0.05, 0) is 43.0 Å². The molecular formula is C18H23N5O2. The third-order valence-electron chi connectivity index (χ3n) is 5.05. The van der Waals surface area contributed by atoms with E-state index in [2.05, 4.69) is 15.4 Å². The van der Waals surface area contributed by atoms with Crippen molar-refractivity contribution in [2.75, 3.05) is 25.1 Å². The summed E-state index contributed by atoms with van der Waals surface area (Å²) in [5.74, 6) is 2.00. The molecule has 1 amide bonds. The van der Waals surface area contributed by atoms with E-state index in [9.17, 15) is 4.79 Å². The lowest BCUT2D eigenvalue weighted by atomic mass is 10.0. The molecule has 4 rings (SSSR count). The number of benzene rings is 1. The molecule has 25 heavy (non-hydrogen) atoms. The van der Waals surface area contributed by atoms with E-state index in [1.54, 1.807) is 13.4 Å². The highest BCUT2D eigenvalue weighted by Gasteiger charge is 2.25. The highest BCUT2D eigenvalue weighted by Crippen LogP contribution is 2.30. The molecule has 2 aliphatic heterocycles. The maximum Gasteiger partial charge on any atom is 0.240 e. The molecule has 3 heterocycles. The number of nitrogens with zero attached hydrogens (tertiary/aromatic N) is 4. The number of hydrogen-bond acceptors (Lipinski definition) is 5. The first kappa shape index (κ1) is 16.1. The summed E-state index contributed by atoms with van der Waals surface area (Å²) >= 11 is 0. The topological polar surface area (TPSA) is 72.3 Å². The molecule has 0 fully saturated rings. The van der Waals surface area contributed by atoms with Crippen LogP contribution in [0.4, 0.5) is 5.69 Å². The summed E-state index contributed by atoms with van der Waals surface area (Å²) in [5.41, 5.74) is 2.20. The molecule has 1 N–H and O–H groups in total. The second-order valence-corrected chi connectivity index (χ2v) is 6.62. The lowest BCUT2D eigenvalue weighted by molar-refractivity contribution is -0.118. The first-order valence-electron chi connectivity index (χ1n) is 8.82. The van der Waals surface area contributed by atoms with Crippen LogP contribution in [0.15, 0.2) is 24.5 Å². The number of aryl methyl sites for hydroxylation is 2. The second-order valence-electron chi connectivity index (χ2n) is 6.62. The number of aromatic nitrogens is 3. The minimum absolute atomic E-state index is 0.121. The van der Waals surface area contributed by atoms with Gasteiger partial charge in [0.25, 0.3) is 0 Å². The molecule has 0 bridgehead atoms. The van der Waals surface area contributed by atoms with E-state index in [0.717, 1.165) is 56.0 Å². The first-order chi connectivity index (χ1) is 12.2. The van der Waals surface area contributed by atoms with E-state index in [4.69, 9.17) is 4.74 Å². The zero-order valence-electron chi connectivity index (χ0n) is 14.4. The summed E-state index contributed by atoms with van der Waals surface area (Å²) in [6.07, 6.45) is 5.46. The molecular weight excluding hydrogens is 318 g/mol. The van der Waals surface area contributed by atoms with Crippen molar-refractivity contribution < 1.29 is 9.53 Å². The molecule has 0 saturated carbocycles. The Hall–Kier alpha value is -2.41. The van der Waals surface area contributed by atoms with Crippen molar-refractivity contribution in [3.63, 3.8) is 0 Å². The Morgan fingerprint density at radius 1 is 1.40 bits per heavy atom. The maximum absolute atomic E-state index is 12.8. The maximum atomic E-state index is 12.8. The van der Waals surface area contributed by atoms with Gasteiger partial charge in [-0.1, -0.05) is 0 Å². The van der Waals surface area contributed by atoms with Crippen LogP contribution in [-0.2, 0) is 24.2 Å². The Balaban J connectivity index is 1.39. The monoisotopic (exact) mass is 341 g/mol. The standard InChI is InChI=1S/C18H23N5O2/c1-25-15-5-6-16-13(9-15)3-2-8-22(16)18(24)10-19-14-4-7-17-20-12-21-23(17)11-14/h5-6,9,12,14,19H,2-4,7-8,10-11H2,1H3/t14-/m0/s1. The van der Waals surface area contributed by atoms with Crippen LogP contribution in [0.25, 0.3) is 0 Å². The van der Waals surface area contributed by atoms with Crippen LogP contribution in [0.3, 0.4) is 0 Å². The van der Waals surface area contributed by atoms with Crippen LogP contribution in [0, 0.1) is 0 Å². The Kier molecular flexibility index (Phi) is 4.40. The zero-order chi connectivity index (χ0) is 17.2. The van der Waals surface area contributed by atoms with Crippen LogP contribution in [-0.4, -0.2) is 46.9 Å². The number of amides is 1. The van der Waals surface area contributed by atoms with E-state index in [-0.39, 0.29) is 11.9 Å². The van der Waals surface area contributed by atoms with Gasteiger partial charge in [0.2, 0.25) is 5.91 Å². The number of nitrogens with one attached hydrogen (secondary N) is 1. The molecule has 7 heteroatoms. The van der Waals surface area contributed by atoms with Gasteiger partial charge in [0.15, 0.2) is 0 Å².